The van der Waals surface area contributed by atoms with Crippen LogP contribution in [0.5, 0.6) is 5.75 Å². The van der Waals surface area contributed by atoms with Gasteiger partial charge in [0.15, 0.2) is 0 Å². The Bertz CT molecular complexity index is 803. The van der Waals surface area contributed by atoms with E-state index in [4.69, 9.17) is 9.47 Å². The Kier molecular flexibility index (Phi) is 5.13. The van der Waals surface area contributed by atoms with Crippen molar-refractivity contribution < 1.29 is 14.3 Å². The summed E-state index contributed by atoms with van der Waals surface area (Å²) in [7, 11) is 1.65. The number of halogens is 1. The highest BCUT2D eigenvalue weighted by Gasteiger charge is 2.49. The highest BCUT2D eigenvalue weighted by atomic mass is 79.9. The lowest BCUT2D eigenvalue weighted by molar-refractivity contribution is -0.188. The third kappa shape index (κ3) is 3.51. The van der Waals surface area contributed by atoms with Gasteiger partial charge in [-0.2, -0.15) is 0 Å². The average molecular weight is 418 g/mol. The average Bonchev–Trinajstić information content (AvgIpc) is 2.63. The number of morpholine rings is 1. The van der Waals surface area contributed by atoms with E-state index in [0.717, 1.165) is 21.3 Å². The normalized spacial score (nSPS) is 22.3. The maximum Gasteiger partial charge on any atom is 0.255 e. The first-order valence-electron chi connectivity index (χ1n) is 8.61. The summed E-state index contributed by atoms with van der Waals surface area (Å²) in [5.41, 5.74) is 0.719. The molecule has 0 spiro atoms. The Morgan fingerprint density at radius 2 is 1.85 bits per heavy atom. The lowest BCUT2D eigenvalue weighted by Crippen LogP contribution is -2.62. The van der Waals surface area contributed by atoms with Gasteiger partial charge < -0.3 is 14.4 Å². The first kappa shape index (κ1) is 18.9. The van der Waals surface area contributed by atoms with Gasteiger partial charge in [0.1, 0.15) is 11.4 Å². The molecular formula is C21H24BrNO3. The molecule has 138 valence electrons. The molecule has 26 heavy (non-hydrogen) atoms. The van der Waals surface area contributed by atoms with Gasteiger partial charge in [0.2, 0.25) is 0 Å². The molecule has 0 N–H and O–H groups in total. The summed E-state index contributed by atoms with van der Waals surface area (Å²) in [4.78, 5) is 15.1. The maximum absolute atomic E-state index is 13.2. The molecule has 1 aliphatic heterocycles. The summed E-state index contributed by atoms with van der Waals surface area (Å²) in [6.45, 7) is 6.68. The van der Waals surface area contributed by atoms with E-state index >= 15 is 0 Å². The number of hydrogen-bond donors (Lipinski definition) is 0. The SMILES string of the molecule is COc1ccc(CN2C(=O)C(C)(C)OCC2(C)c2cccc(Br)c2)cc1. The van der Waals surface area contributed by atoms with Crippen molar-refractivity contribution in [1.82, 2.24) is 4.90 Å². The van der Waals surface area contributed by atoms with E-state index in [2.05, 4.69) is 28.9 Å². The van der Waals surface area contributed by atoms with Gasteiger partial charge in [-0.05, 0) is 56.2 Å². The van der Waals surface area contributed by atoms with E-state index in [0.29, 0.717) is 13.2 Å². The first-order chi connectivity index (χ1) is 12.3. The van der Waals surface area contributed by atoms with Crippen LogP contribution in [-0.2, 0) is 21.6 Å². The third-order valence-electron chi connectivity index (χ3n) is 5.02. The second kappa shape index (κ2) is 7.05. The predicted octanol–water partition coefficient (Wildman–Crippen LogP) is 4.51. The van der Waals surface area contributed by atoms with Gasteiger partial charge in [0, 0.05) is 11.0 Å². The largest absolute Gasteiger partial charge is 0.497 e. The van der Waals surface area contributed by atoms with Gasteiger partial charge in [-0.25, -0.2) is 0 Å². The third-order valence-corrected chi connectivity index (χ3v) is 5.51. The van der Waals surface area contributed by atoms with Gasteiger partial charge in [0.25, 0.3) is 5.91 Å². The second-order valence-corrected chi connectivity index (χ2v) is 8.24. The highest BCUT2D eigenvalue weighted by Crippen LogP contribution is 2.38. The van der Waals surface area contributed by atoms with Crippen molar-refractivity contribution in [1.29, 1.82) is 0 Å². The summed E-state index contributed by atoms with van der Waals surface area (Å²) < 4.78 is 12.2. The van der Waals surface area contributed by atoms with E-state index in [1.54, 1.807) is 7.11 Å². The van der Waals surface area contributed by atoms with E-state index in [1.807, 2.05) is 61.2 Å². The quantitative estimate of drug-likeness (QED) is 0.734. The molecule has 0 aromatic heterocycles. The number of rotatable bonds is 4. The van der Waals surface area contributed by atoms with Gasteiger partial charge >= 0.3 is 0 Å². The fourth-order valence-electron chi connectivity index (χ4n) is 3.23. The van der Waals surface area contributed by atoms with Crippen molar-refractivity contribution in [2.45, 2.75) is 38.5 Å². The molecule has 5 heteroatoms. The Morgan fingerprint density at radius 1 is 1.15 bits per heavy atom. The fraction of sp³-hybridized carbons (Fsp3) is 0.381. The summed E-state index contributed by atoms with van der Waals surface area (Å²) in [6.07, 6.45) is 0. The van der Waals surface area contributed by atoms with Crippen LogP contribution in [0.3, 0.4) is 0 Å². The standard InChI is InChI=1S/C21H24BrNO3/c1-20(2)19(24)23(13-15-8-10-18(25-4)11-9-15)21(3,14-26-20)16-6-5-7-17(22)12-16/h5-12H,13-14H2,1-4H3. The molecule has 1 aliphatic rings. The Labute approximate surface area is 163 Å². The Hall–Kier alpha value is -1.85. The molecule has 2 aromatic carbocycles. The molecule has 4 nitrogen and oxygen atoms in total. The minimum absolute atomic E-state index is 0.0120. The number of nitrogens with zero attached hydrogens (tertiary/aromatic N) is 1. The minimum atomic E-state index is -0.835. The smallest absolute Gasteiger partial charge is 0.255 e. The zero-order chi connectivity index (χ0) is 18.9. The highest BCUT2D eigenvalue weighted by molar-refractivity contribution is 9.10. The van der Waals surface area contributed by atoms with Crippen molar-refractivity contribution >= 4 is 21.8 Å². The van der Waals surface area contributed by atoms with E-state index in [9.17, 15) is 4.79 Å². The topological polar surface area (TPSA) is 38.8 Å². The number of hydrogen-bond acceptors (Lipinski definition) is 3. The molecule has 1 saturated heterocycles. The molecular weight excluding hydrogens is 394 g/mol. The molecule has 0 saturated carbocycles. The van der Waals surface area contributed by atoms with Crippen LogP contribution in [0.25, 0.3) is 0 Å². The van der Waals surface area contributed by atoms with Crippen molar-refractivity contribution in [2.75, 3.05) is 13.7 Å². The maximum atomic E-state index is 13.2. The zero-order valence-electron chi connectivity index (χ0n) is 15.6. The number of carbonyl (C=O) groups excluding carboxylic acids is 1. The number of ether oxygens (including phenoxy) is 2. The van der Waals surface area contributed by atoms with Crippen LogP contribution in [0, 0.1) is 0 Å². The van der Waals surface area contributed by atoms with Crippen LogP contribution in [0.2, 0.25) is 0 Å². The summed E-state index contributed by atoms with van der Waals surface area (Å²) in [5.74, 6) is 0.791. The molecule has 0 radical (unpaired) electrons. The first-order valence-corrected chi connectivity index (χ1v) is 9.40. The molecule has 1 unspecified atom stereocenters. The van der Waals surface area contributed by atoms with Crippen LogP contribution in [-0.4, -0.2) is 30.1 Å². The molecule has 1 atom stereocenters. The van der Waals surface area contributed by atoms with Crippen molar-refractivity contribution in [3.8, 4) is 5.75 Å². The molecule has 0 aliphatic carbocycles. The van der Waals surface area contributed by atoms with Crippen molar-refractivity contribution in [3.05, 3.63) is 64.1 Å². The lowest BCUT2D eigenvalue weighted by Gasteiger charge is -2.50. The number of methoxy groups -OCH3 is 1. The van der Waals surface area contributed by atoms with Gasteiger partial charge in [0.05, 0.1) is 19.3 Å². The zero-order valence-corrected chi connectivity index (χ0v) is 17.2. The summed E-state index contributed by atoms with van der Waals surface area (Å²) in [6, 6.07) is 15.9. The predicted molar refractivity (Wildman–Crippen MR) is 105 cm³/mol. The number of benzene rings is 2. The molecule has 1 heterocycles. The van der Waals surface area contributed by atoms with E-state index < -0.39 is 11.1 Å². The summed E-state index contributed by atoms with van der Waals surface area (Å²) in [5, 5.41) is 0. The van der Waals surface area contributed by atoms with Crippen LogP contribution >= 0.6 is 15.9 Å². The molecule has 3 rings (SSSR count). The van der Waals surface area contributed by atoms with E-state index in [1.165, 1.54) is 0 Å². The van der Waals surface area contributed by atoms with Crippen molar-refractivity contribution in [3.63, 3.8) is 0 Å². The second-order valence-electron chi connectivity index (χ2n) is 7.32. The van der Waals surface area contributed by atoms with Crippen LogP contribution in [0.1, 0.15) is 31.9 Å². The fourth-order valence-corrected chi connectivity index (χ4v) is 3.63. The van der Waals surface area contributed by atoms with Crippen molar-refractivity contribution in [2.24, 2.45) is 0 Å². The number of carbonyl (C=O) groups is 1. The Morgan fingerprint density at radius 3 is 2.46 bits per heavy atom. The molecule has 2 aromatic rings. The van der Waals surface area contributed by atoms with Gasteiger partial charge in [-0.15, -0.1) is 0 Å². The number of amides is 1. The molecule has 0 bridgehead atoms. The van der Waals surface area contributed by atoms with Gasteiger partial charge in [-0.3, -0.25) is 4.79 Å². The Balaban J connectivity index is 2.00. The van der Waals surface area contributed by atoms with Gasteiger partial charge in [-0.1, -0.05) is 40.2 Å². The van der Waals surface area contributed by atoms with Crippen LogP contribution < -0.4 is 4.74 Å². The lowest BCUT2D eigenvalue weighted by atomic mass is 9.86. The van der Waals surface area contributed by atoms with Crippen LogP contribution in [0.4, 0.5) is 0 Å². The molecule has 1 fully saturated rings. The minimum Gasteiger partial charge on any atom is -0.497 e. The molecule has 1 amide bonds. The van der Waals surface area contributed by atoms with Crippen LogP contribution in [0.15, 0.2) is 53.0 Å². The summed E-state index contributed by atoms with van der Waals surface area (Å²) >= 11 is 3.53. The van der Waals surface area contributed by atoms with E-state index in [-0.39, 0.29) is 5.91 Å². The monoisotopic (exact) mass is 417 g/mol.